The molecule has 244 valence electrons. The molecule has 6 atom stereocenters. The molecule has 3 rings (SSSR count). The van der Waals surface area contributed by atoms with E-state index < -0.39 is 73.6 Å². The van der Waals surface area contributed by atoms with Crippen molar-refractivity contribution in [2.45, 2.75) is 74.8 Å². The normalized spacial score (nSPS) is 22.4. The molecule has 0 aliphatic carbocycles. The first-order valence-electron chi connectivity index (χ1n) is 14.6. The molecule has 0 radical (unpaired) electrons. The maximum atomic E-state index is 12.9. The molecule has 2 aromatic carbocycles. The summed E-state index contributed by atoms with van der Waals surface area (Å²) in [7, 11) is 0. The van der Waals surface area contributed by atoms with E-state index in [4.69, 9.17) is 20.6 Å². The highest BCUT2D eigenvalue weighted by Gasteiger charge is 2.55. The van der Waals surface area contributed by atoms with Crippen LogP contribution in [0.3, 0.4) is 0 Å². The number of rotatable bonds is 17. The summed E-state index contributed by atoms with van der Waals surface area (Å²) in [6, 6.07) is 13.8. The standard InChI is InChI=1S/C32H40N2O11/c1-2-3-4-5-6-10-16-43-32(31(41)42)18-24(36)27(34-26(38)20-35)29(45-32)28(39)25(37)19-33-30(40)21-12-11-15-23(17-21)44-22-13-8-7-9-14-22/h1,7-9,11-15,17,24-25,27-29,35-37,39H,3-6,10,16,18-20H2,(H,33,40)(H,34,38)(H,41,42)/t24-,25+,27+,28+,29+,32+/m0/s1. The SMILES string of the molecule is C#CCCCCCCO[C@]1(C(=O)O)C[C@H](O)[C@@H](NC(=O)CO)[C@H]([C@H](O)[C@H](O)CNC(=O)c2cccc(Oc3ccccc3)c2)O1. The van der Waals surface area contributed by atoms with E-state index in [0.717, 1.165) is 12.8 Å². The molecule has 2 amide bonds. The summed E-state index contributed by atoms with van der Waals surface area (Å²) in [5.74, 6) is -2.05. The van der Waals surface area contributed by atoms with Gasteiger partial charge in [-0.2, -0.15) is 0 Å². The second-order valence-electron chi connectivity index (χ2n) is 10.6. The third kappa shape index (κ3) is 10.3. The van der Waals surface area contributed by atoms with Crippen LogP contribution < -0.4 is 15.4 Å². The van der Waals surface area contributed by atoms with Crippen LogP contribution in [0.2, 0.25) is 0 Å². The Kier molecular flexibility index (Phi) is 13.8. The molecule has 13 heteroatoms. The molecule has 0 aromatic heterocycles. The van der Waals surface area contributed by atoms with Gasteiger partial charge in [0.15, 0.2) is 0 Å². The number of carbonyl (C=O) groups excluding carboxylic acids is 2. The zero-order valence-electron chi connectivity index (χ0n) is 24.7. The number of nitrogens with one attached hydrogen (secondary N) is 2. The zero-order valence-corrected chi connectivity index (χ0v) is 24.7. The number of unbranched alkanes of at least 4 members (excludes halogenated alkanes) is 4. The Morgan fingerprint density at radius 2 is 1.76 bits per heavy atom. The van der Waals surface area contributed by atoms with Crippen molar-refractivity contribution in [3.63, 3.8) is 0 Å². The lowest BCUT2D eigenvalue weighted by Crippen LogP contribution is -2.68. The highest BCUT2D eigenvalue weighted by atomic mass is 16.7. The topological polar surface area (TPSA) is 204 Å². The van der Waals surface area contributed by atoms with E-state index in [9.17, 15) is 39.9 Å². The fourth-order valence-electron chi connectivity index (χ4n) is 4.83. The van der Waals surface area contributed by atoms with E-state index in [1.165, 1.54) is 12.1 Å². The first-order chi connectivity index (χ1) is 21.6. The van der Waals surface area contributed by atoms with E-state index in [1.807, 2.05) is 6.07 Å². The number of aliphatic hydroxyl groups is 4. The Hall–Kier alpha value is -4.03. The molecule has 45 heavy (non-hydrogen) atoms. The predicted octanol–water partition coefficient (Wildman–Crippen LogP) is 0.939. The second-order valence-corrected chi connectivity index (χ2v) is 10.6. The van der Waals surface area contributed by atoms with Gasteiger partial charge >= 0.3 is 5.97 Å². The maximum absolute atomic E-state index is 12.9. The Labute approximate surface area is 261 Å². The van der Waals surface area contributed by atoms with Crippen LogP contribution in [0.5, 0.6) is 11.5 Å². The average Bonchev–Trinajstić information content (AvgIpc) is 3.04. The number of hydrogen-bond donors (Lipinski definition) is 7. The number of amides is 2. The van der Waals surface area contributed by atoms with Crippen molar-refractivity contribution in [3.8, 4) is 23.8 Å². The van der Waals surface area contributed by atoms with E-state index in [-0.39, 0.29) is 12.2 Å². The molecule has 0 bridgehead atoms. The third-order valence-electron chi connectivity index (χ3n) is 7.20. The van der Waals surface area contributed by atoms with E-state index >= 15 is 0 Å². The quantitative estimate of drug-likeness (QED) is 0.0970. The smallest absolute Gasteiger partial charge is 0.364 e. The van der Waals surface area contributed by atoms with Gasteiger partial charge in [0, 0.05) is 24.9 Å². The molecular weight excluding hydrogens is 588 g/mol. The monoisotopic (exact) mass is 628 g/mol. The molecule has 1 aliphatic heterocycles. The number of carboxylic acid groups (broad SMARTS) is 1. The highest BCUT2D eigenvalue weighted by Crippen LogP contribution is 2.34. The van der Waals surface area contributed by atoms with Gasteiger partial charge in [0.05, 0.1) is 24.9 Å². The van der Waals surface area contributed by atoms with Crippen LogP contribution in [0.25, 0.3) is 0 Å². The fourth-order valence-corrected chi connectivity index (χ4v) is 4.83. The first kappa shape index (κ1) is 35.4. The summed E-state index contributed by atoms with van der Waals surface area (Å²) in [4.78, 5) is 37.2. The molecule has 13 nitrogen and oxygen atoms in total. The summed E-state index contributed by atoms with van der Waals surface area (Å²) < 4.78 is 17.1. The Bertz CT molecular complexity index is 1300. The van der Waals surface area contributed by atoms with E-state index in [0.29, 0.717) is 30.8 Å². The minimum Gasteiger partial charge on any atom is -0.477 e. The number of terminal acetylenes is 1. The number of benzene rings is 2. The minimum atomic E-state index is -2.41. The Morgan fingerprint density at radius 1 is 1.04 bits per heavy atom. The second kappa shape index (κ2) is 17.5. The molecule has 1 aliphatic rings. The van der Waals surface area contributed by atoms with Crippen LogP contribution >= 0.6 is 0 Å². The van der Waals surface area contributed by atoms with Crippen LogP contribution in [0, 0.1) is 12.3 Å². The van der Waals surface area contributed by atoms with Crippen molar-refractivity contribution in [2.24, 2.45) is 0 Å². The van der Waals surface area contributed by atoms with Crippen LogP contribution in [-0.2, 0) is 19.1 Å². The van der Waals surface area contributed by atoms with Crippen LogP contribution in [0.1, 0.15) is 48.9 Å². The molecule has 0 spiro atoms. The Balaban J connectivity index is 1.69. The molecule has 0 unspecified atom stereocenters. The van der Waals surface area contributed by atoms with Crippen molar-refractivity contribution in [3.05, 3.63) is 60.2 Å². The third-order valence-corrected chi connectivity index (χ3v) is 7.20. The Morgan fingerprint density at radius 3 is 2.44 bits per heavy atom. The van der Waals surface area contributed by atoms with Gasteiger partial charge in [0.1, 0.15) is 30.3 Å². The van der Waals surface area contributed by atoms with Crippen molar-refractivity contribution < 1.29 is 54.1 Å². The van der Waals surface area contributed by atoms with Gasteiger partial charge in [-0.1, -0.05) is 37.1 Å². The molecule has 2 aromatic rings. The van der Waals surface area contributed by atoms with Crippen molar-refractivity contribution in [1.82, 2.24) is 10.6 Å². The van der Waals surface area contributed by atoms with Crippen molar-refractivity contribution in [2.75, 3.05) is 19.8 Å². The summed E-state index contributed by atoms with van der Waals surface area (Å²) in [6.07, 6.45) is 1.00. The number of carbonyl (C=O) groups is 3. The van der Waals surface area contributed by atoms with Crippen molar-refractivity contribution in [1.29, 1.82) is 0 Å². The largest absolute Gasteiger partial charge is 0.477 e. The van der Waals surface area contributed by atoms with Gasteiger partial charge in [0.25, 0.3) is 11.7 Å². The fraction of sp³-hybridized carbons (Fsp3) is 0.469. The van der Waals surface area contributed by atoms with Gasteiger partial charge < -0.3 is 50.4 Å². The summed E-state index contributed by atoms with van der Waals surface area (Å²) >= 11 is 0. The van der Waals surface area contributed by atoms with Crippen molar-refractivity contribution >= 4 is 17.8 Å². The number of carboxylic acids is 1. The summed E-state index contributed by atoms with van der Waals surface area (Å²) in [5, 5.41) is 56.8. The summed E-state index contributed by atoms with van der Waals surface area (Å²) in [5.41, 5.74) is 0.195. The molecule has 1 saturated heterocycles. The van der Waals surface area contributed by atoms with Crippen LogP contribution in [0.4, 0.5) is 0 Å². The lowest BCUT2D eigenvalue weighted by molar-refractivity contribution is -0.310. The number of hydrogen-bond acceptors (Lipinski definition) is 10. The number of para-hydroxylation sites is 1. The maximum Gasteiger partial charge on any atom is 0.364 e. The van der Waals surface area contributed by atoms with Gasteiger partial charge in [-0.3, -0.25) is 9.59 Å². The lowest BCUT2D eigenvalue weighted by atomic mass is 9.88. The summed E-state index contributed by atoms with van der Waals surface area (Å²) in [6.45, 7) is -1.53. The number of ether oxygens (including phenoxy) is 3. The minimum absolute atomic E-state index is 0.0583. The first-order valence-corrected chi connectivity index (χ1v) is 14.6. The van der Waals surface area contributed by atoms with E-state index in [1.54, 1.807) is 36.4 Å². The lowest BCUT2D eigenvalue weighted by Gasteiger charge is -2.46. The molecule has 1 heterocycles. The van der Waals surface area contributed by atoms with Gasteiger partial charge in [-0.15, -0.1) is 12.3 Å². The predicted molar refractivity (Wildman–Crippen MR) is 160 cm³/mol. The molecular formula is C32H40N2O11. The van der Waals surface area contributed by atoms with E-state index in [2.05, 4.69) is 16.6 Å². The van der Waals surface area contributed by atoms with Gasteiger partial charge in [0.2, 0.25) is 5.91 Å². The van der Waals surface area contributed by atoms with Crippen LogP contribution in [0.15, 0.2) is 54.6 Å². The van der Waals surface area contributed by atoms with Gasteiger partial charge in [-0.05, 0) is 43.2 Å². The molecule has 0 saturated carbocycles. The molecule has 1 fully saturated rings. The molecule has 7 N–H and O–H groups in total. The average molecular weight is 629 g/mol. The van der Waals surface area contributed by atoms with Gasteiger partial charge in [-0.25, -0.2) is 4.79 Å². The number of aliphatic hydroxyl groups excluding tert-OH is 4. The highest BCUT2D eigenvalue weighted by molar-refractivity contribution is 5.94. The van der Waals surface area contributed by atoms with Crippen LogP contribution in [-0.4, -0.2) is 99.3 Å². The zero-order chi connectivity index (χ0) is 32.8. The number of aliphatic carboxylic acids is 1.